The average Bonchev–Trinajstić information content (AvgIpc) is 3.32. The molecule has 0 amide bonds. The molecule has 0 N–H and O–H groups in total. The monoisotopic (exact) mass is 387 g/mol. The molecule has 2 heterocycles. The summed E-state index contributed by atoms with van der Waals surface area (Å²) in [6.45, 7) is 4.64. The Morgan fingerprint density at radius 3 is 2.47 bits per heavy atom. The van der Waals surface area contributed by atoms with Gasteiger partial charge in [-0.3, -0.25) is 0 Å². The highest BCUT2D eigenvalue weighted by Crippen LogP contribution is 2.51. The molecule has 0 saturated carbocycles. The maximum Gasteiger partial charge on any atom is 0.0950 e. The molecule has 2 aromatic heterocycles. The van der Waals surface area contributed by atoms with E-state index in [0.717, 1.165) is 16.9 Å². The molecule has 3 heteroatoms. The molecule has 0 atom stereocenters. The number of aromatic nitrogens is 3. The fraction of sp³-hybridized carbons (Fsp3) is 0.111. The van der Waals surface area contributed by atoms with Crippen molar-refractivity contribution < 1.29 is 0 Å². The van der Waals surface area contributed by atoms with Crippen LogP contribution in [-0.4, -0.2) is 14.8 Å². The third-order valence-corrected chi connectivity index (χ3v) is 6.38. The van der Waals surface area contributed by atoms with Gasteiger partial charge in [0.25, 0.3) is 0 Å². The van der Waals surface area contributed by atoms with E-state index in [0.29, 0.717) is 0 Å². The molecule has 0 aliphatic heterocycles. The summed E-state index contributed by atoms with van der Waals surface area (Å²) in [6, 6.07) is 27.8. The van der Waals surface area contributed by atoms with Gasteiger partial charge >= 0.3 is 0 Å². The van der Waals surface area contributed by atoms with Gasteiger partial charge < -0.3 is 4.57 Å². The van der Waals surface area contributed by atoms with Crippen LogP contribution in [0.3, 0.4) is 0 Å². The van der Waals surface area contributed by atoms with Crippen LogP contribution in [0.4, 0.5) is 0 Å². The van der Waals surface area contributed by atoms with Gasteiger partial charge in [-0.2, -0.15) is 10.2 Å². The minimum Gasteiger partial charge on any atom is -0.314 e. The molecular formula is C27H21N3. The highest BCUT2D eigenvalue weighted by molar-refractivity contribution is 6.01. The Morgan fingerprint density at radius 1 is 0.800 bits per heavy atom. The molecule has 30 heavy (non-hydrogen) atoms. The lowest BCUT2D eigenvalue weighted by atomic mass is 9.82. The first-order valence-electron chi connectivity index (χ1n) is 10.3. The molecule has 6 rings (SSSR count). The molecule has 0 fully saturated rings. The first kappa shape index (κ1) is 17.2. The molecule has 5 aromatic rings. The van der Waals surface area contributed by atoms with E-state index in [4.69, 9.17) is 0 Å². The van der Waals surface area contributed by atoms with Gasteiger partial charge in [0.05, 0.1) is 23.1 Å². The van der Waals surface area contributed by atoms with Crippen molar-refractivity contribution in [2.45, 2.75) is 19.3 Å². The smallest absolute Gasteiger partial charge is 0.0950 e. The van der Waals surface area contributed by atoms with Crippen LogP contribution >= 0.6 is 0 Å². The number of fused-ring (bicyclic) bond motifs is 5. The third-order valence-electron chi connectivity index (χ3n) is 6.38. The van der Waals surface area contributed by atoms with E-state index in [2.05, 4.69) is 95.5 Å². The summed E-state index contributed by atoms with van der Waals surface area (Å²) in [5, 5.41) is 9.92. The Balaban J connectivity index is 1.63. The van der Waals surface area contributed by atoms with Crippen LogP contribution in [0, 0.1) is 0 Å². The summed E-state index contributed by atoms with van der Waals surface area (Å²) < 4.78 is 2.26. The van der Waals surface area contributed by atoms with Crippen molar-refractivity contribution in [2.24, 2.45) is 0 Å². The number of rotatable bonds is 2. The summed E-state index contributed by atoms with van der Waals surface area (Å²) in [4.78, 5) is 0. The van der Waals surface area contributed by atoms with Gasteiger partial charge in [-0.25, -0.2) is 0 Å². The van der Waals surface area contributed by atoms with E-state index in [-0.39, 0.29) is 5.41 Å². The zero-order valence-electron chi connectivity index (χ0n) is 17.0. The van der Waals surface area contributed by atoms with Crippen molar-refractivity contribution in [3.05, 3.63) is 102 Å². The number of hydrogen-bond acceptors (Lipinski definition) is 2. The van der Waals surface area contributed by atoms with Gasteiger partial charge in [0.1, 0.15) is 0 Å². The standard InChI is InChI=1S/C27H21N3/c1-27(2)22-11-7-6-10-21(22)25-23(27)13-12-19-14-15-30(26(19)25)20-16-24(29-28-17-20)18-8-4-3-5-9-18/h3-17H,1-2H3. The van der Waals surface area contributed by atoms with Crippen LogP contribution < -0.4 is 0 Å². The van der Waals surface area contributed by atoms with E-state index in [9.17, 15) is 0 Å². The van der Waals surface area contributed by atoms with Crippen LogP contribution in [0.25, 0.3) is 39.0 Å². The Bertz CT molecular complexity index is 1410. The SMILES string of the molecule is CC1(C)c2ccccc2-c2c1ccc1ccn(-c3cnnc(-c4ccccc4)c3)c21. The quantitative estimate of drug-likeness (QED) is 0.351. The van der Waals surface area contributed by atoms with E-state index in [1.165, 1.54) is 33.2 Å². The lowest BCUT2D eigenvalue weighted by Crippen LogP contribution is -2.14. The lowest BCUT2D eigenvalue weighted by Gasteiger charge is -2.21. The van der Waals surface area contributed by atoms with Crippen molar-refractivity contribution in [2.75, 3.05) is 0 Å². The summed E-state index contributed by atoms with van der Waals surface area (Å²) in [5.41, 5.74) is 9.61. The second-order valence-corrected chi connectivity index (χ2v) is 8.45. The summed E-state index contributed by atoms with van der Waals surface area (Å²) in [7, 11) is 0. The van der Waals surface area contributed by atoms with Gasteiger partial charge in [-0.15, -0.1) is 0 Å². The van der Waals surface area contributed by atoms with Gasteiger partial charge in [-0.1, -0.05) is 80.6 Å². The molecule has 0 unspecified atom stereocenters. The number of benzene rings is 3. The summed E-state index contributed by atoms with van der Waals surface area (Å²) in [5.74, 6) is 0. The largest absolute Gasteiger partial charge is 0.314 e. The molecule has 0 bridgehead atoms. The van der Waals surface area contributed by atoms with E-state index >= 15 is 0 Å². The number of hydrogen-bond donors (Lipinski definition) is 0. The first-order valence-corrected chi connectivity index (χ1v) is 10.3. The zero-order chi connectivity index (χ0) is 20.3. The maximum absolute atomic E-state index is 4.37. The van der Waals surface area contributed by atoms with Gasteiger partial charge in [-0.05, 0) is 28.8 Å². The second-order valence-electron chi connectivity index (χ2n) is 8.45. The Hall–Kier alpha value is -3.72. The summed E-state index contributed by atoms with van der Waals surface area (Å²) >= 11 is 0. The third kappa shape index (κ3) is 2.32. The average molecular weight is 387 g/mol. The van der Waals surface area contributed by atoms with E-state index < -0.39 is 0 Å². The Morgan fingerprint density at radius 2 is 1.60 bits per heavy atom. The molecule has 0 radical (unpaired) electrons. The fourth-order valence-corrected chi connectivity index (χ4v) is 4.87. The van der Waals surface area contributed by atoms with Crippen molar-refractivity contribution in [1.29, 1.82) is 0 Å². The van der Waals surface area contributed by atoms with Gasteiger partial charge in [0.2, 0.25) is 0 Å². The first-order chi connectivity index (χ1) is 14.6. The van der Waals surface area contributed by atoms with E-state index in [1.54, 1.807) is 0 Å². The molecule has 3 nitrogen and oxygen atoms in total. The van der Waals surface area contributed by atoms with E-state index in [1.807, 2.05) is 24.4 Å². The van der Waals surface area contributed by atoms with Crippen LogP contribution in [0.2, 0.25) is 0 Å². The predicted octanol–water partition coefficient (Wildman–Crippen LogP) is 6.39. The zero-order valence-corrected chi connectivity index (χ0v) is 17.0. The van der Waals surface area contributed by atoms with Gasteiger partial charge in [0.15, 0.2) is 0 Å². The van der Waals surface area contributed by atoms with Crippen molar-refractivity contribution >= 4 is 10.9 Å². The maximum atomic E-state index is 4.37. The van der Waals surface area contributed by atoms with Crippen LogP contribution in [0.15, 0.2) is 91.3 Å². The van der Waals surface area contributed by atoms with Crippen molar-refractivity contribution in [1.82, 2.24) is 14.8 Å². The molecule has 0 spiro atoms. The minimum absolute atomic E-state index is 0.0130. The highest BCUT2D eigenvalue weighted by atomic mass is 15.1. The van der Waals surface area contributed by atoms with Crippen LogP contribution in [-0.2, 0) is 5.41 Å². The molecule has 3 aromatic carbocycles. The molecule has 144 valence electrons. The van der Waals surface area contributed by atoms with Crippen molar-refractivity contribution in [3.8, 4) is 28.1 Å². The predicted molar refractivity (Wildman–Crippen MR) is 122 cm³/mol. The van der Waals surface area contributed by atoms with Crippen molar-refractivity contribution in [3.63, 3.8) is 0 Å². The molecule has 1 aliphatic rings. The molecule has 0 saturated heterocycles. The topological polar surface area (TPSA) is 30.7 Å². The normalized spacial score (nSPS) is 13.9. The van der Waals surface area contributed by atoms with Crippen LogP contribution in [0.1, 0.15) is 25.0 Å². The second kappa shape index (κ2) is 6.14. The van der Waals surface area contributed by atoms with Crippen LogP contribution in [0.5, 0.6) is 0 Å². The number of nitrogens with zero attached hydrogens (tertiary/aromatic N) is 3. The molecule has 1 aliphatic carbocycles. The highest BCUT2D eigenvalue weighted by Gasteiger charge is 2.36. The molecular weight excluding hydrogens is 366 g/mol. The fourth-order valence-electron chi connectivity index (χ4n) is 4.87. The Labute approximate surface area is 175 Å². The Kier molecular flexibility index (Phi) is 3.51. The van der Waals surface area contributed by atoms with Gasteiger partial charge in [0, 0.05) is 28.1 Å². The summed E-state index contributed by atoms with van der Waals surface area (Å²) in [6.07, 6.45) is 3.99. The lowest BCUT2D eigenvalue weighted by molar-refractivity contribution is 0.661. The minimum atomic E-state index is -0.0130.